The van der Waals surface area contributed by atoms with Crippen LogP contribution in [0.5, 0.6) is 0 Å². The molecule has 28 heavy (non-hydrogen) atoms. The normalized spacial score (nSPS) is 19.4. The summed E-state index contributed by atoms with van der Waals surface area (Å²) in [5.41, 5.74) is 9.94. The molecule has 146 valence electrons. The number of carbonyl (C=O) groups is 1. The highest BCUT2D eigenvalue weighted by atomic mass is 35.5. The van der Waals surface area contributed by atoms with Gasteiger partial charge in [-0.15, -0.1) is 0 Å². The zero-order valence-corrected chi connectivity index (χ0v) is 16.8. The topological polar surface area (TPSA) is 82.3 Å². The van der Waals surface area contributed by atoms with Gasteiger partial charge in [0.2, 0.25) is 0 Å². The summed E-state index contributed by atoms with van der Waals surface area (Å²) < 4.78 is 0. The first-order chi connectivity index (χ1) is 13.4. The van der Waals surface area contributed by atoms with Crippen LogP contribution < -0.4 is 5.73 Å². The maximum atomic E-state index is 11.8. The van der Waals surface area contributed by atoms with Gasteiger partial charge in [0.05, 0.1) is 6.04 Å². The van der Waals surface area contributed by atoms with Crippen LogP contribution >= 0.6 is 23.2 Å². The average Bonchev–Trinajstić information content (AvgIpc) is 3.05. The molecule has 3 atom stereocenters. The van der Waals surface area contributed by atoms with Gasteiger partial charge < -0.3 is 15.8 Å². The number of nitrogens with zero attached hydrogens (tertiary/aromatic N) is 1. The van der Waals surface area contributed by atoms with E-state index in [-0.39, 0.29) is 6.04 Å². The van der Waals surface area contributed by atoms with Crippen LogP contribution in [-0.4, -0.2) is 33.5 Å². The molecule has 0 bridgehead atoms. The van der Waals surface area contributed by atoms with Crippen molar-refractivity contribution in [3.05, 3.63) is 69.3 Å². The van der Waals surface area contributed by atoms with Gasteiger partial charge in [0.25, 0.3) is 0 Å². The van der Waals surface area contributed by atoms with Crippen molar-refractivity contribution in [2.75, 3.05) is 6.54 Å². The van der Waals surface area contributed by atoms with E-state index in [4.69, 9.17) is 28.9 Å². The largest absolute Gasteiger partial charge is 0.480 e. The van der Waals surface area contributed by atoms with E-state index in [2.05, 4.69) is 16.0 Å². The van der Waals surface area contributed by atoms with Gasteiger partial charge >= 0.3 is 5.97 Å². The molecule has 0 radical (unpaired) electrons. The van der Waals surface area contributed by atoms with E-state index >= 15 is 0 Å². The summed E-state index contributed by atoms with van der Waals surface area (Å²) >= 11 is 12.9. The van der Waals surface area contributed by atoms with Gasteiger partial charge in [-0.05, 0) is 37.1 Å². The summed E-state index contributed by atoms with van der Waals surface area (Å²) in [6, 6.07) is 11.6. The predicted molar refractivity (Wildman–Crippen MR) is 112 cm³/mol. The van der Waals surface area contributed by atoms with Crippen molar-refractivity contribution in [3.63, 3.8) is 0 Å². The SMILES string of the molecule is C[C@@H](c1c(Cl)cccc1Cl)N1CCc2c([nH]c3ccccc23)[C@@H]1[C@H](N)C(=O)O. The van der Waals surface area contributed by atoms with Gasteiger partial charge in [-0.25, -0.2) is 0 Å². The highest BCUT2D eigenvalue weighted by Gasteiger charge is 2.40. The predicted octanol–water partition coefficient (Wildman–Crippen LogP) is 4.55. The van der Waals surface area contributed by atoms with Gasteiger partial charge in [-0.3, -0.25) is 9.69 Å². The number of H-pyrrole nitrogens is 1. The zero-order valence-electron chi connectivity index (χ0n) is 15.3. The van der Waals surface area contributed by atoms with Crippen LogP contribution in [0.2, 0.25) is 10.0 Å². The lowest BCUT2D eigenvalue weighted by Gasteiger charge is -2.42. The Morgan fingerprint density at radius 3 is 2.57 bits per heavy atom. The lowest BCUT2D eigenvalue weighted by molar-refractivity contribution is -0.140. The van der Waals surface area contributed by atoms with Gasteiger partial charge in [0.15, 0.2) is 0 Å². The average molecular weight is 418 g/mol. The third kappa shape index (κ3) is 3.08. The summed E-state index contributed by atoms with van der Waals surface area (Å²) in [7, 11) is 0. The molecular formula is C21H21Cl2N3O2. The zero-order chi connectivity index (χ0) is 20.0. The number of aromatic nitrogens is 1. The molecular weight excluding hydrogens is 397 g/mol. The van der Waals surface area contributed by atoms with E-state index in [1.807, 2.05) is 25.1 Å². The number of halogens is 2. The fourth-order valence-corrected chi connectivity index (χ4v) is 5.03. The molecule has 0 unspecified atom stereocenters. The Kier molecular flexibility index (Phi) is 5.10. The van der Waals surface area contributed by atoms with E-state index in [0.717, 1.165) is 34.1 Å². The highest BCUT2D eigenvalue weighted by Crippen LogP contribution is 2.43. The second-order valence-electron chi connectivity index (χ2n) is 7.17. The molecule has 2 heterocycles. The quantitative estimate of drug-likeness (QED) is 0.581. The van der Waals surface area contributed by atoms with Gasteiger partial charge in [-0.2, -0.15) is 0 Å². The minimum absolute atomic E-state index is 0.198. The van der Waals surface area contributed by atoms with Crippen molar-refractivity contribution in [1.29, 1.82) is 0 Å². The third-order valence-corrected chi connectivity index (χ3v) is 6.32. The van der Waals surface area contributed by atoms with E-state index < -0.39 is 18.1 Å². The van der Waals surface area contributed by atoms with Crippen LogP contribution in [0.1, 0.15) is 35.8 Å². The number of carboxylic acids is 1. The van der Waals surface area contributed by atoms with Crippen molar-refractivity contribution in [2.24, 2.45) is 5.73 Å². The van der Waals surface area contributed by atoms with Crippen LogP contribution in [0, 0.1) is 0 Å². The van der Waals surface area contributed by atoms with Gasteiger partial charge in [-0.1, -0.05) is 47.5 Å². The van der Waals surface area contributed by atoms with Gasteiger partial charge in [0, 0.05) is 44.8 Å². The molecule has 0 fully saturated rings. The molecule has 4 N–H and O–H groups in total. The first kappa shape index (κ1) is 19.3. The summed E-state index contributed by atoms with van der Waals surface area (Å²) in [4.78, 5) is 17.3. The molecule has 2 aromatic carbocycles. The standard InChI is InChI=1S/C21H21Cl2N3O2/c1-11(17-14(22)6-4-7-15(17)23)26-10-9-13-12-5-2-3-8-16(12)25-19(13)20(26)18(24)21(27)28/h2-8,11,18,20,25H,9-10,24H2,1H3,(H,27,28)/t11-,18-,20-/m0/s1. The van der Waals surface area contributed by atoms with Crippen LogP contribution in [0.3, 0.4) is 0 Å². The molecule has 1 aromatic heterocycles. The fourth-order valence-electron chi connectivity index (χ4n) is 4.32. The second-order valence-corrected chi connectivity index (χ2v) is 7.99. The Hall–Kier alpha value is -2.05. The fraction of sp³-hybridized carbons (Fsp3) is 0.286. The molecule has 1 aliphatic heterocycles. The minimum atomic E-state index is -1.09. The lowest BCUT2D eigenvalue weighted by atomic mass is 9.90. The number of hydrogen-bond donors (Lipinski definition) is 3. The Balaban J connectivity index is 1.84. The van der Waals surface area contributed by atoms with Crippen molar-refractivity contribution >= 4 is 40.1 Å². The number of aliphatic carboxylic acids is 1. The van der Waals surface area contributed by atoms with E-state index in [1.54, 1.807) is 18.2 Å². The summed E-state index contributed by atoms with van der Waals surface area (Å²) in [6.45, 7) is 2.64. The molecule has 5 nitrogen and oxygen atoms in total. The highest BCUT2D eigenvalue weighted by molar-refractivity contribution is 6.36. The number of nitrogens with one attached hydrogen (secondary N) is 1. The molecule has 7 heteroatoms. The van der Waals surface area contributed by atoms with Crippen molar-refractivity contribution < 1.29 is 9.90 Å². The Morgan fingerprint density at radius 2 is 1.89 bits per heavy atom. The maximum Gasteiger partial charge on any atom is 0.322 e. The number of hydrogen-bond acceptors (Lipinski definition) is 3. The molecule has 0 saturated heterocycles. The molecule has 0 amide bonds. The molecule has 3 aromatic rings. The first-order valence-corrected chi connectivity index (χ1v) is 9.93. The van der Waals surface area contributed by atoms with Crippen molar-refractivity contribution in [1.82, 2.24) is 9.88 Å². The number of benzene rings is 2. The minimum Gasteiger partial charge on any atom is -0.480 e. The number of nitrogens with two attached hydrogens (primary N) is 1. The Bertz CT molecular complexity index is 1030. The number of para-hydroxylation sites is 1. The molecule has 0 saturated carbocycles. The second kappa shape index (κ2) is 7.41. The van der Waals surface area contributed by atoms with Crippen LogP contribution in [0.15, 0.2) is 42.5 Å². The van der Waals surface area contributed by atoms with E-state index in [0.29, 0.717) is 16.6 Å². The van der Waals surface area contributed by atoms with Crippen LogP contribution in [0.25, 0.3) is 10.9 Å². The van der Waals surface area contributed by atoms with Crippen molar-refractivity contribution in [3.8, 4) is 0 Å². The van der Waals surface area contributed by atoms with Crippen LogP contribution in [0.4, 0.5) is 0 Å². The Morgan fingerprint density at radius 1 is 1.21 bits per heavy atom. The molecule has 4 rings (SSSR count). The first-order valence-electron chi connectivity index (χ1n) is 9.17. The number of fused-ring (bicyclic) bond motifs is 3. The van der Waals surface area contributed by atoms with Gasteiger partial charge in [0.1, 0.15) is 6.04 Å². The maximum absolute atomic E-state index is 11.8. The van der Waals surface area contributed by atoms with Crippen LogP contribution in [-0.2, 0) is 11.2 Å². The smallest absolute Gasteiger partial charge is 0.322 e. The van der Waals surface area contributed by atoms with E-state index in [9.17, 15) is 9.90 Å². The molecule has 0 spiro atoms. The van der Waals surface area contributed by atoms with E-state index in [1.165, 1.54) is 0 Å². The Labute approximate surface area is 173 Å². The van der Waals surface area contributed by atoms with Crippen molar-refractivity contribution in [2.45, 2.75) is 31.5 Å². The summed E-state index contributed by atoms with van der Waals surface area (Å²) in [5.74, 6) is -1.04. The molecule has 0 aliphatic carbocycles. The lowest BCUT2D eigenvalue weighted by Crippen LogP contribution is -2.49. The third-order valence-electron chi connectivity index (χ3n) is 5.66. The summed E-state index contributed by atoms with van der Waals surface area (Å²) in [5, 5.41) is 11.9. The summed E-state index contributed by atoms with van der Waals surface area (Å²) in [6.07, 6.45) is 0.786. The monoisotopic (exact) mass is 417 g/mol. The number of rotatable bonds is 4. The number of aromatic amines is 1. The number of carboxylic acid groups (broad SMARTS) is 1. The molecule has 1 aliphatic rings.